The number of carbonyl (C=O) groups excluding carboxylic acids is 1. The quantitative estimate of drug-likeness (QED) is 0.679. The van der Waals surface area contributed by atoms with Crippen LogP contribution in [0.15, 0.2) is 18.2 Å². The van der Waals surface area contributed by atoms with Gasteiger partial charge < -0.3 is 5.11 Å². The fourth-order valence-corrected chi connectivity index (χ4v) is 1.81. The van der Waals surface area contributed by atoms with E-state index < -0.39 is 0 Å². The minimum atomic E-state index is 0.122. The van der Waals surface area contributed by atoms with E-state index in [-0.39, 0.29) is 5.75 Å². The lowest BCUT2D eigenvalue weighted by Gasteiger charge is -1.89. The van der Waals surface area contributed by atoms with Gasteiger partial charge in [-0.15, -0.1) is 11.3 Å². The van der Waals surface area contributed by atoms with E-state index in [2.05, 4.69) is 4.98 Å². The number of benzene rings is 1. The Morgan fingerprint density at radius 3 is 3.00 bits per heavy atom. The molecular weight excluding hydrogens is 174 g/mol. The number of rotatable bonds is 1. The fourth-order valence-electron chi connectivity index (χ4n) is 1.00. The van der Waals surface area contributed by atoms with Gasteiger partial charge in [-0.05, 0) is 12.1 Å². The SMILES string of the molecule is O=Cc1nc2c(O)cccc2s1. The fraction of sp³-hybridized carbons (Fsp3) is 0. The molecule has 1 heterocycles. The summed E-state index contributed by atoms with van der Waals surface area (Å²) in [5.41, 5.74) is 0.504. The zero-order valence-electron chi connectivity index (χ0n) is 6.02. The second kappa shape index (κ2) is 2.57. The molecule has 0 aliphatic carbocycles. The van der Waals surface area contributed by atoms with Crippen molar-refractivity contribution in [1.82, 2.24) is 4.98 Å². The van der Waals surface area contributed by atoms with Gasteiger partial charge in [-0.1, -0.05) is 6.07 Å². The van der Waals surface area contributed by atoms with Crippen molar-refractivity contribution in [2.75, 3.05) is 0 Å². The molecule has 1 aromatic carbocycles. The number of thiazole rings is 1. The van der Waals surface area contributed by atoms with E-state index >= 15 is 0 Å². The maximum absolute atomic E-state index is 10.4. The Hall–Kier alpha value is -1.42. The van der Waals surface area contributed by atoms with E-state index in [1.165, 1.54) is 11.3 Å². The van der Waals surface area contributed by atoms with Gasteiger partial charge in [0.2, 0.25) is 0 Å². The number of para-hydroxylation sites is 1. The Morgan fingerprint density at radius 2 is 2.33 bits per heavy atom. The van der Waals surface area contributed by atoms with Crippen LogP contribution in [-0.2, 0) is 0 Å². The zero-order chi connectivity index (χ0) is 8.55. The molecule has 0 amide bonds. The van der Waals surface area contributed by atoms with Crippen LogP contribution in [0.3, 0.4) is 0 Å². The highest BCUT2D eigenvalue weighted by molar-refractivity contribution is 7.20. The Morgan fingerprint density at radius 1 is 1.50 bits per heavy atom. The van der Waals surface area contributed by atoms with Gasteiger partial charge in [0.05, 0.1) is 4.70 Å². The number of hydrogen-bond donors (Lipinski definition) is 1. The van der Waals surface area contributed by atoms with Gasteiger partial charge in [-0.2, -0.15) is 0 Å². The first kappa shape index (κ1) is 7.24. The van der Waals surface area contributed by atoms with Crippen molar-refractivity contribution >= 4 is 27.8 Å². The summed E-state index contributed by atoms with van der Waals surface area (Å²) in [6.07, 6.45) is 0.685. The molecule has 1 N–H and O–H groups in total. The standard InChI is InChI=1S/C8H5NO2S/c10-4-7-9-8-5(11)2-1-3-6(8)12-7/h1-4,11H. The van der Waals surface area contributed by atoms with E-state index in [1.54, 1.807) is 12.1 Å². The molecule has 0 spiro atoms. The molecule has 12 heavy (non-hydrogen) atoms. The number of phenolic OH excluding ortho intramolecular Hbond substituents is 1. The second-order valence-electron chi connectivity index (χ2n) is 2.29. The molecule has 0 saturated carbocycles. The van der Waals surface area contributed by atoms with Crippen LogP contribution in [0.1, 0.15) is 9.80 Å². The first-order valence-corrected chi connectivity index (χ1v) is 4.16. The van der Waals surface area contributed by atoms with Crippen molar-refractivity contribution in [3.8, 4) is 5.75 Å². The highest BCUT2D eigenvalue weighted by Crippen LogP contribution is 2.27. The minimum Gasteiger partial charge on any atom is -0.506 e. The molecule has 0 fully saturated rings. The Labute approximate surface area is 72.3 Å². The minimum absolute atomic E-state index is 0.122. The molecule has 3 nitrogen and oxygen atoms in total. The molecule has 4 heteroatoms. The molecule has 0 saturated heterocycles. The largest absolute Gasteiger partial charge is 0.506 e. The second-order valence-corrected chi connectivity index (χ2v) is 3.36. The van der Waals surface area contributed by atoms with Crippen molar-refractivity contribution in [3.05, 3.63) is 23.2 Å². The van der Waals surface area contributed by atoms with Crippen molar-refractivity contribution in [3.63, 3.8) is 0 Å². The van der Waals surface area contributed by atoms with Crippen LogP contribution in [0.4, 0.5) is 0 Å². The lowest BCUT2D eigenvalue weighted by molar-refractivity contribution is 0.112. The van der Waals surface area contributed by atoms with Crippen LogP contribution >= 0.6 is 11.3 Å². The molecule has 60 valence electrons. The topological polar surface area (TPSA) is 50.2 Å². The summed E-state index contributed by atoms with van der Waals surface area (Å²) in [7, 11) is 0. The molecule has 1 aromatic heterocycles. The maximum Gasteiger partial charge on any atom is 0.178 e. The summed E-state index contributed by atoms with van der Waals surface area (Å²) in [6, 6.07) is 5.10. The zero-order valence-corrected chi connectivity index (χ0v) is 6.84. The third kappa shape index (κ3) is 0.967. The predicted molar refractivity (Wildman–Crippen MR) is 46.7 cm³/mol. The molecule has 0 unspecified atom stereocenters. The number of nitrogens with zero attached hydrogens (tertiary/aromatic N) is 1. The van der Waals surface area contributed by atoms with Crippen LogP contribution in [-0.4, -0.2) is 16.4 Å². The number of aldehydes is 1. The van der Waals surface area contributed by atoms with Crippen LogP contribution in [0, 0.1) is 0 Å². The van der Waals surface area contributed by atoms with Gasteiger partial charge in [0.15, 0.2) is 11.3 Å². The van der Waals surface area contributed by atoms with E-state index in [0.717, 1.165) is 4.70 Å². The summed E-state index contributed by atoms with van der Waals surface area (Å²) in [6.45, 7) is 0. The Balaban J connectivity index is 2.82. The van der Waals surface area contributed by atoms with Gasteiger partial charge in [-0.25, -0.2) is 4.98 Å². The highest BCUT2D eigenvalue weighted by Gasteiger charge is 2.05. The summed E-state index contributed by atoms with van der Waals surface area (Å²) in [4.78, 5) is 14.3. The molecular formula is C8H5NO2S. The molecule has 0 aliphatic rings. The summed E-state index contributed by atoms with van der Waals surface area (Å²) < 4.78 is 0.831. The lowest BCUT2D eigenvalue weighted by Crippen LogP contribution is -1.74. The lowest BCUT2D eigenvalue weighted by atomic mass is 10.3. The van der Waals surface area contributed by atoms with Crippen LogP contribution < -0.4 is 0 Å². The van der Waals surface area contributed by atoms with Gasteiger partial charge in [-0.3, -0.25) is 4.79 Å². The van der Waals surface area contributed by atoms with Crippen LogP contribution in [0.2, 0.25) is 0 Å². The first-order chi connectivity index (χ1) is 5.81. The summed E-state index contributed by atoms with van der Waals surface area (Å²) >= 11 is 1.27. The third-order valence-corrected chi connectivity index (χ3v) is 2.46. The molecule has 2 rings (SSSR count). The third-order valence-electron chi connectivity index (χ3n) is 1.52. The number of carbonyl (C=O) groups is 1. The van der Waals surface area contributed by atoms with E-state index in [0.29, 0.717) is 16.8 Å². The molecule has 0 atom stereocenters. The van der Waals surface area contributed by atoms with Gasteiger partial charge >= 0.3 is 0 Å². The van der Waals surface area contributed by atoms with Crippen LogP contribution in [0.5, 0.6) is 5.75 Å². The number of phenols is 1. The monoisotopic (exact) mass is 179 g/mol. The molecule has 2 aromatic rings. The Bertz CT molecular complexity index is 436. The van der Waals surface area contributed by atoms with Crippen molar-refractivity contribution in [2.24, 2.45) is 0 Å². The normalized spacial score (nSPS) is 10.3. The first-order valence-electron chi connectivity index (χ1n) is 3.35. The number of hydrogen-bond acceptors (Lipinski definition) is 4. The van der Waals surface area contributed by atoms with Crippen molar-refractivity contribution in [2.45, 2.75) is 0 Å². The van der Waals surface area contributed by atoms with E-state index in [4.69, 9.17) is 0 Å². The Kier molecular flexibility index (Phi) is 1.55. The summed E-state index contributed by atoms with van der Waals surface area (Å²) in [5.74, 6) is 0.122. The average Bonchev–Trinajstić information content (AvgIpc) is 2.49. The van der Waals surface area contributed by atoms with E-state index in [1.807, 2.05) is 6.07 Å². The highest BCUT2D eigenvalue weighted by atomic mass is 32.1. The number of aromatic hydroxyl groups is 1. The van der Waals surface area contributed by atoms with Gasteiger partial charge in [0, 0.05) is 0 Å². The van der Waals surface area contributed by atoms with Gasteiger partial charge in [0.25, 0.3) is 0 Å². The molecule has 0 bridgehead atoms. The maximum atomic E-state index is 10.4. The van der Waals surface area contributed by atoms with Crippen LogP contribution in [0.25, 0.3) is 10.2 Å². The number of aromatic nitrogens is 1. The number of fused-ring (bicyclic) bond motifs is 1. The predicted octanol–water partition coefficient (Wildman–Crippen LogP) is 1.81. The molecule has 0 radical (unpaired) electrons. The average molecular weight is 179 g/mol. The molecule has 0 aliphatic heterocycles. The smallest absolute Gasteiger partial charge is 0.178 e. The van der Waals surface area contributed by atoms with Crippen molar-refractivity contribution < 1.29 is 9.90 Å². The summed E-state index contributed by atoms with van der Waals surface area (Å²) in [5, 5.41) is 9.70. The van der Waals surface area contributed by atoms with Crippen molar-refractivity contribution in [1.29, 1.82) is 0 Å². The van der Waals surface area contributed by atoms with E-state index in [9.17, 15) is 9.90 Å². The van der Waals surface area contributed by atoms with Gasteiger partial charge in [0.1, 0.15) is 11.3 Å².